The summed E-state index contributed by atoms with van der Waals surface area (Å²) < 4.78 is 0. The molecule has 1 aromatic carbocycles. The molecule has 5 N–H and O–H groups in total. The summed E-state index contributed by atoms with van der Waals surface area (Å²) in [5.41, 5.74) is 5.98. The Labute approximate surface area is 69.4 Å². The van der Waals surface area contributed by atoms with Crippen molar-refractivity contribution in [3.63, 3.8) is 0 Å². The van der Waals surface area contributed by atoms with Crippen LogP contribution < -0.4 is 10.9 Å². The van der Waals surface area contributed by atoms with Crippen molar-refractivity contribution in [2.24, 2.45) is 10.9 Å². The van der Waals surface area contributed by atoms with Crippen molar-refractivity contribution in [1.29, 1.82) is 5.41 Å². The molecule has 0 heterocycles. The molecule has 1 aromatic rings. The maximum absolute atomic E-state index is 7.10. The summed E-state index contributed by atoms with van der Waals surface area (Å²) in [4.78, 5) is 0.968. The van der Waals surface area contributed by atoms with Crippen LogP contribution in [-0.2, 0) is 0 Å². The van der Waals surface area contributed by atoms with Crippen LogP contribution in [-0.4, -0.2) is 5.84 Å². The molecule has 58 valence electrons. The molecule has 0 fully saturated rings. The van der Waals surface area contributed by atoms with Crippen molar-refractivity contribution in [3.8, 4) is 0 Å². The molecule has 1 rings (SSSR count). The third-order valence-electron chi connectivity index (χ3n) is 1.30. The molecule has 11 heavy (non-hydrogen) atoms. The fourth-order valence-corrected chi connectivity index (χ4v) is 1.01. The first-order valence-electron chi connectivity index (χ1n) is 3.05. The average molecular weight is 167 g/mol. The highest BCUT2D eigenvalue weighted by atomic mass is 32.2. The third kappa shape index (κ3) is 1.96. The van der Waals surface area contributed by atoms with Gasteiger partial charge in [-0.15, -0.1) is 0 Å². The van der Waals surface area contributed by atoms with E-state index >= 15 is 0 Å². The summed E-state index contributed by atoms with van der Waals surface area (Å²) >= 11 is 1.18. The van der Waals surface area contributed by atoms with Crippen LogP contribution in [0, 0.1) is 5.41 Å². The van der Waals surface area contributed by atoms with Gasteiger partial charge in [0.15, 0.2) is 0 Å². The minimum Gasteiger partial charge on any atom is -0.384 e. The number of amidine groups is 1. The number of hydrogen-bond donors (Lipinski definition) is 3. The Bertz CT molecular complexity index is 255. The molecule has 0 unspecified atom stereocenters. The van der Waals surface area contributed by atoms with Gasteiger partial charge in [0, 0.05) is 10.5 Å². The molecule has 4 heteroatoms. The molecule has 0 aliphatic carbocycles. The van der Waals surface area contributed by atoms with E-state index in [-0.39, 0.29) is 5.84 Å². The summed E-state index contributed by atoms with van der Waals surface area (Å²) in [6, 6.07) is 7.22. The van der Waals surface area contributed by atoms with Crippen LogP contribution in [0.25, 0.3) is 0 Å². The largest absolute Gasteiger partial charge is 0.384 e. The van der Waals surface area contributed by atoms with Crippen molar-refractivity contribution >= 4 is 17.8 Å². The Morgan fingerprint density at radius 2 is 1.82 bits per heavy atom. The van der Waals surface area contributed by atoms with Gasteiger partial charge in [0.05, 0.1) is 0 Å². The molecule has 0 bridgehead atoms. The molecular formula is C7H9N3S. The van der Waals surface area contributed by atoms with E-state index in [0.29, 0.717) is 0 Å². The average Bonchev–Trinajstić information content (AvgIpc) is 2.05. The molecule has 0 atom stereocenters. The second-order valence-corrected chi connectivity index (χ2v) is 2.76. The van der Waals surface area contributed by atoms with Gasteiger partial charge in [-0.25, -0.2) is 0 Å². The fraction of sp³-hybridized carbons (Fsp3) is 0. The quantitative estimate of drug-likeness (QED) is 0.348. The first-order chi connectivity index (χ1) is 5.24. The van der Waals surface area contributed by atoms with Crippen LogP contribution in [0.1, 0.15) is 5.56 Å². The van der Waals surface area contributed by atoms with Crippen LogP contribution in [0.2, 0.25) is 0 Å². The van der Waals surface area contributed by atoms with Gasteiger partial charge >= 0.3 is 0 Å². The summed E-state index contributed by atoms with van der Waals surface area (Å²) in [7, 11) is 0. The van der Waals surface area contributed by atoms with Gasteiger partial charge in [-0.05, 0) is 24.1 Å². The maximum Gasteiger partial charge on any atom is 0.122 e. The predicted octanol–water partition coefficient (Wildman–Crippen LogP) is 0.936. The number of nitrogens with one attached hydrogen (secondary N) is 1. The number of hydrogen-bond acceptors (Lipinski definition) is 3. The van der Waals surface area contributed by atoms with Crippen molar-refractivity contribution in [2.75, 3.05) is 0 Å². The van der Waals surface area contributed by atoms with E-state index in [1.165, 1.54) is 11.9 Å². The molecule has 0 aliphatic heterocycles. The van der Waals surface area contributed by atoms with Crippen molar-refractivity contribution < 1.29 is 0 Å². The monoisotopic (exact) mass is 167 g/mol. The zero-order chi connectivity index (χ0) is 8.27. The predicted molar refractivity (Wildman–Crippen MR) is 47.5 cm³/mol. The molecule has 0 saturated heterocycles. The van der Waals surface area contributed by atoms with Gasteiger partial charge in [-0.1, -0.05) is 12.1 Å². The van der Waals surface area contributed by atoms with E-state index in [1.54, 1.807) is 12.1 Å². The van der Waals surface area contributed by atoms with Gasteiger partial charge < -0.3 is 5.73 Å². The van der Waals surface area contributed by atoms with E-state index < -0.39 is 0 Å². The molecule has 0 radical (unpaired) electrons. The van der Waals surface area contributed by atoms with Gasteiger partial charge in [-0.2, -0.15) is 0 Å². The van der Waals surface area contributed by atoms with Crippen LogP contribution in [0.15, 0.2) is 29.2 Å². The van der Waals surface area contributed by atoms with E-state index in [4.69, 9.17) is 16.3 Å². The minimum absolute atomic E-state index is 0.0820. The number of rotatable bonds is 2. The van der Waals surface area contributed by atoms with E-state index in [0.717, 1.165) is 10.5 Å². The lowest BCUT2D eigenvalue weighted by molar-refractivity contribution is 1.39. The first kappa shape index (κ1) is 8.10. The van der Waals surface area contributed by atoms with Gasteiger partial charge in [0.1, 0.15) is 5.84 Å². The normalized spacial score (nSPS) is 9.55. The highest BCUT2D eigenvalue weighted by molar-refractivity contribution is 7.97. The summed E-state index contributed by atoms with van der Waals surface area (Å²) in [5.74, 6) is 0.0820. The second kappa shape index (κ2) is 3.41. The lowest BCUT2D eigenvalue weighted by Gasteiger charge is -1.98. The summed E-state index contributed by atoms with van der Waals surface area (Å²) in [5, 5.41) is 12.4. The van der Waals surface area contributed by atoms with Crippen LogP contribution in [0.4, 0.5) is 0 Å². The van der Waals surface area contributed by atoms with E-state index in [2.05, 4.69) is 0 Å². The molecule has 0 aromatic heterocycles. The van der Waals surface area contributed by atoms with Crippen LogP contribution in [0.3, 0.4) is 0 Å². The first-order valence-corrected chi connectivity index (χ1v) is 3.93. The molecular weight excluding hydrogens is 158 g/mol. The van der Waals surface area contributed by atoms with E-state index in [1.807, 2.05) is 12.1 Å². The van der Waals surface area contributed by atoms with E-state index in [9.17, 15) is 0 Å². The highest BCUT2D eigenvalue weighted by Crippen LogP contribution is 2.11. The van der Waals surface area contributed by atoms with Crippen molar-refractivity contribution in [3.05, 3.63) is 29.8 Å². The number of nitrogen functional groups attached to an aromatic ring is 1. The Morgan fingerprint density at radius 1 is 1.27 bits per heavy atom. The molecule has 3 nitrogen and oxygen atoms in total. The fourth-order valence-electron chi connectivity index (χ4n) is 0.713. The lowest BCUT2D eigenvalue weighted by atomic mass is 10.2. The molecule has 0 spiro atoms. The van der Waals surface area contributed by atoms with Gasteiger partial charge in [-0.3, -0.25) is 10.5 Å². The zero-order valence-corrected chi connectivity index (χ0v) is 6.69. The Morgan fingerprint density at radius 3 is 2.18 bits per heavy atom. The summed E-state index contributed by atoms with van der Waals surface area (Å²) in [6.07, 6.45) is 0. The SMILES string of the molecule is N=C(N)c1ccc(SN)cc1. The minimum atomic E-state index is 0.0820. The van der Waals surface area contributed by atoms with Crippen molar-refractivity contribution in [1.82, 2.24) is 0 Å². The third-order valence-corrected chi connectivity index (χ3v) is 1.85. The van der Waals surface area contributed by atoms with Gasteiger partial charge in [0.25, 0.3) is 0 Å². The lowest BCUT2D eigenvalue weighted by Crippen LogP contribution is -2.10. The molecule has 0 saturated carbocycles. The van der Waals surface area contributed by atoms with Crippen molar-refractivity contribution in [2.45, 2.75) is 4.90 Å². The second-order valence-electron chi connectivity index (χ2n) is 2.06. The Balaban J connectivity index is 2.91. The highest BCUT2D eigenvalue weighted by Gasteiger charge is 1.94. The molecule has 0 aliphatic rings. The zero-order valence-electron chi connectivity index (χ0n) is 5.87. The standard InChI is InChI=1S/C7H9N3S/c8-7(9)5-1-3-6(11-10)4-2-5/h1-4H,10H2,(H3,8,9). The Hall–Kier alpha value is -1.00. The van der Waals surface area contributed by atoms with Gasteiger partial charge in [0.2, 0.25) is 0 Å². The van der Waals surface area contributed by atoms with Crippen LogP contribution >= 0.6 is 11.9 Å². The number of benzene rings is 1. The van der Waals surface area contributed by atoms with Crippen LogP contribution in [0.5, 0.6) is 0 Å². The molecule has 0 amide bonds. The maximum atomic E-state index is 7.10. The Kier molecular flexibility index (Phi) is 2.51. The topological polar surface area (TPSA) is 75.9 Å². The number of nitrogens with two attached hydrogens (primary N) is 2. The smallest absolute Gasteiger partial charge is 0.122 e. The summed E-state index contributed by atoms with van der Waals surface area (Å²) in [6.45, 7) is 0.